The molecule has 35 heavy (non-hydrogen) atoms. The van der Waals surface area contributed by atoms with Crippen LogP contribution >= 0.6 is 0 Å². The molecule has 3 aromatic rings. The zero-order chi connectivity index (χ0) is 24.9. The minimum Gasteiger partial charge on any atom is -0.493 e. The van der Waals surface area contributed by atoms with E-state index in [1.165, 1.54) is 6.08 Å². The standard InChI is InChI=1S/C29H30O6/c1-4-8-22-11-14-25(27(19-22)31-2)33-17-18-34-26-15-12-23(20-28(26)32-3)13-16-29(30)35-21-24-9-6-5-7-10-24/h4-7,9-16,19-20H,1,8,17-18,21H2,2-3H3/b16-13+. The van der Waals surface area contributed by atoms with E-state index in [0.29, 0.717) is 36.2 Å². The Balaban J connectivity index is 1.50. The molecule has 0 aliphatic heterocycles. The molecule has 0 unspecified atom stereocenters. The summed E-state index contributed by atoms with van der Waals surface area (Å²) < 4.78 is 27.8. The van der Waals surface area contributed by atoms with Crippen molar-refractivity contribution in [2.24, 2.45) is 0 Å². The number of hydrogen-bond acceptors (Lipinski definition) is 6. The number of rotatable bonds is 13. The molecule has 6 nitrogen and oxygen atoms in total. The zero-order valence-electron chi connectivity index (χ0n) is 20.1. The molecule has 3 rings (SSSR count). The first-order valence-electron chi connectivity index (χ1n) is 11.2. The van der Waals surface area contributed by atoms with E-state index in [4.69, 9.17) is 23.7 Å². The van der Waals surface area contributed by atoms with Crippen LogP contribution in [0.1, 0.15) is 16.7 Å². The summed E-state index contributed by atoms with van der Waals surface area (Å²) in [5.74, 6) is 2.03. The quantitative estimate of drug-likeness (QED) is 0.138. The Bertz CT molecular complexity index is 1140. The fraction of sp³-hybridized carbons (Fsp3) is 0.207. The third-order valence-corrected chi connectivity index (χ3v) is 5.03. The van der Waals surface area contributed by atoms with Gasteiger partial charge in [-0.2, -0.15) is 0 Å². The Morgan fingerprint density at radius 3 is 2.11 bits per heavy atom. The molecular weight excluding hydrogens is 444 g/mol. The maximum atomic E-state index is 12.0. The smallest absolute Gasteiger partial charge is 0.331 e. The van der Waals surface area contributed by atoms with Gasteiger partial charge in [0, 0.05) is 6.08 Å². The van der Waals surface area contributed by atoms with Gasteiger partial charge in [0.25, 0.3) is 0 Å². The molecule has 0 saturated heterocycles. The lowest BCUT2D eigenvalue weighted by Crippen LogP contribution is -2.10. The number of ether oxygens (including phenoxy) is 5. The van der Waals surface area contributed by atoms with Crippen molar-refractivity contribution in [3.05, 3.63) is 102 Å². The summed E-state index contributed by atoms with van der Waals surface area (Å²) in [5, 5.41) is 0. The number of benzene rings is 3. The minimum absolute atomic E-state index is 0.229. The Labute approximate surface area is 206 Å². The van der Waals surface area contributed by atoms with Gasteiger partial charge in [-0.3, -0.25) is 0 Å². The molecule has 3 aromatic carbocycles. The Hall–Kier alpha value is -4.19. The van der Waals surface area contributed by atoms with Crippen LogP contribution in [-0.4, -0.2) is 33.4 Å². The topological polar surface area (TPSA) is 63.2 Å². The Morgan fingerprint density at radius 1 is 0.800 bits per heavy atom. The average Bonchev–Trinajstić information content (AvgIpc) is 2.90. The van der Waals surface area contributed by atoms with E-state index in [9.17, 15) is 4.79 Å². The van der Waals surface area contributed by atoms with E-state index in [0.717, 1.165) is 23.1 Å². The summed E-state index contributed by atoms with van der Waals surface area (Å²) in [5.41, 5.74) is 2.82. The molecule has 0 heterocycles. The van der Waals surface area contributed by atoms with Crippen LogP contribution in [-0.2, 0) is 22.6 Å². The van der Waals surface area contributed by atoms with Gasteiger partial charge >= 0.3 is 5.97 Å². The molecule has 6 heteroatoms. The van der Waals surface area contributed by atoms with Gasteiger partial charge in [-0.1, -0.05) is 48.5 Å². The predicted octanol–water partition coefficient (Wildman–Crippen LogP) is 5.65. The van der Waals surface area contributed by atoms with Crippen LogP contribution in [0.15, 0.2) is 85.5 Å². The number of allylic oxidation sites excluding steroid dienone is 1. The maximum Gasteiger partial charge on any atom is 0.331 e. The summed E-state index contributed by atoms with van der Waals surface area (Å²) in [6, 6.07) is 20.7. The summed E-state index contributed by atoms with van der Waals surface area (Å²) in [4.78, 5) is 12.0. The van der Waals surface area contributed by atoms with Crippen LogP contribution in [0.25, 0.3) is 6.08 Å². The molecule has 0 N–H and O–H groups in total. The van der Waals surface area contributed by atoms with E-state index < -0.39 is 5.97 Å². The van der Waals surface area contributed by atoms with Gasteiger partial charge in [0.2, 0.25) is 0 Å². The number of carbonyl (C=O) groups excluding carboxylic acids is 1. The number of methoxy groups -OCH3 is 2. The Kier molecular flexibility index (Phi) is 9.81. The molecule has 0 aliphatic rings. The van der Waals surface area contributed by atoms with Gasteiger partial charge in [0.15, 0.2) is 23.0 Å². The van der Waals surface area contributed by atoms with Gasteiger partial charge in [0.05, 0.1) is 14.2 Å². The molecular formula is C29H30O6. The van der Waals surface area contributed by atoms with Crippen molar-refractivity contribution in [2.45, 2.75) is 13.0 Å². The van der Waals surface area contributed by atoms with Gasteiger partial charge < -0.3 is 23.7 Å². The molecule has 0 bridgehead atoms. The third kappa shape index (κ3) is 7.96. The van der Waals surface area contributed by atoms with E-state index >= 15 is 0 Å². The average molecular weight is 475 g/mol. The Morgan fingerprint density at radius 2 is 1.46 bits per heavy atom. The van der Waals surface area contributed by atoms with E-state index in [2.05, 4.69) is 6.58 Å². The summed E-state index contributed by atoms with van der Waals surface area (Å²) in [6.45, 7) is 4.63. The van der Waals surface area contributed by atoms with Crippen molar-refractivity contribution >= 4 is 12.0 Å². The normalized spacial score (nSPS) is 10.6. The van der Waals surface area contributed by atoms with Gasteiger partial charge in [-0.05, 0) is 53.5 Å². The second-order valence-corrected chi connectivity index (χ2v) is 7.51. The molecule has 0 amide bonds. The molecule has 0 aliphatic carbocycles. The monoisotopic (exact) mass is 474 g/mol. The highest BCUT2D eigenvalue weighted by atomic mass is 16.5. The lowest BCUT2D eigenvalue weighted by atomic mass is 10.1. The van der Waals surface area contributed by atoms with Crippen LogP contribution < -0.4 is 18.9 Å². The highest BCUT2D eigenvalue weighted by Gasteiger charge is 2.08. The SMILES string of the molecule is C=CCc1ccc(OCCOc2ccc(/C=C/C(=O)OCc3ccccc3)cc2OC)c(OC)c1. The van der Waals surface area contributed by atoms with Crippen LogP contribution in [0.4, 0.5) is 0 Å². The van der Waals surface area contributed by atoms with E-state index in [1.54, 1.807) is 32.4 Å². The predicted molar refractivity (Wildman–Crippen MR) is 136 cm³/mol. The highest BCUT2D eigenvalue weighted by molar-refractivity contribution is 5.87. The summed E-state index contributed by atoms with van der Waals surface area (Å²) in [6.07, 6.45) is 5.67. The number of hydrogen-bond donors (Lipinski definition) is 0. The van der Waals surface area contributed by atoms with Crippen LogP contribution in [0.2, 0.25) is 0 Å². The van der Waals surface area contributed by atoms with Crippen LogP contribution in [0.5, 0.6) is 23.0 Å². The van der Waals surface area contributed by atoms with E-state index in [-0.39, 0.29) is 6.61 Å². The fourth-order valence-corrected chi connectivity index (χ4v) is 3.28. The molecule has 0 atom stereocenters. The molecule has 0 aromatic heterocycles. The van der Waals surface area contributed by atoms with Crippen LogP contribution in [0, 0.1) is 0 Å². The summed E-state index contributed by atoms with van der Waals surface area (Å²) in [7, 11) is 3.18. The van der Waals surface area contributed by atoms with Crippen LogP contribution in [0.3, 0.4) is 0 Å². The first kappa shape index (κ1) is 25.4. The lowest BCUT2D eigenvalue weighted by molar-refractivity contribution is -0.138. The first-order valence-corrected chi connectivity index (χ1v) is 11.2. The maximum absolute atomic E-state index is 12.0. The van der Waals surface area contributed by atoms with Crippen molar-refractivity contribution in [3.63, 3.8) is 0 Å². The van der Waals surface area contributed by atoms with Crippen molar-refractivity contribution in [2.75, 3.05) is 27.4 Å². The molecule has 0 spiro atoms. The minimum atomic E-state index is -0.418. The molecule has 182 valence electrons. The second kappa shape index (κ2) is 13.5. The second-order valence-electron chi connectivity index (χ2n) is 7.51. The highest BCUT2D eigenvalue weighted by Crippen LogP contribution is 2.30. The zero-order valence-corrected chi connectivity index (χ0v) is 20.1. The fourth-order valence-electron chi connectivity index (χ4n) is 3.28. The van der Waals surface area contributed by atoms with Gasteiger partial charge in [0.1, 0.15) is 19.8 Å². The van der Waals surface area contributed by atoms with Crippen molar-refractivity contribution in [1.82, 2.24) is 0 Å². The third-order valence-electron chi connectivity index (χ3n) is 5.03. The lowest BCUT2D eigenvalue weighted by Gasteiger charge is -2.14. The van der Waals surface area contributed by atoms with Crippen molar-refractivity contribution in [1.29, 1.82) is 0 Å². The number of esters is 1. The molecule has 0 saturated carbocycles. The largest absolute Gasteiger partial charge is 0.493 e. The first-order chi connectivity index (χ1) is 17.1. The van der Waals surface area contributed by atoms with Gasteiger partial charge in [-0.15, -0.1) is 6.58 Å². The number of carbonyl (C=O) groups is 1. The van der Waals surface area contributed by atoms with Crippen molar-refractivity contribution in [3.8, 4) is 23.0 Å². The van der Waals surface area contributed by atoms with Crippen molar-refractivity contribution < 1.29 is 28.5 Å². The summed E-state index contributed by atoms with van der Waals surface area (Å²) >= 11 is 0. The van der Waals surface area contributed by atoms with Gasteiger partial charge in [-0.25, -0.2) is 4.79 Å². The molecule has 0 radical (unpaired) electrons. The van der Waals surface area contributed by atoms with E-state index in [1.807, 2.05) is 60.7 Å². The molecule has 0 fully saturated rings.